The standard InChI is InChI=1S/C16H13BrN2O3/c1-10-2-4-12(5-3-10)16(20)19-18-8-11-6-13(17)15-14(7-11)21-9-22-15/h2-8H,9H2,1H3,(H,19,20)/b18-8-. The molecule has 0 fully saturated rings. The Kier molecular flexibility index (Phi) is 4.11. The van der Waals surface area contributed by atoms with E-state index < -0.39 is 0 Å². The first kappa shape index (κ1) is 14.6. The summed E-state index contributed by atoms with van der Waals surface area (Å²) in [7, 11) is 0. The summed E-state index contributed by atoms with van der Waals surface area (Å²) < 4.78 is 11.4. The van der Waals surface area contributed by atoms with E-state index in [1.54, 1.807) is 24.4 Å². The molecule has 0 unspecified atom stereocenters. The third-order valence-electron chi connectivity index (χ3n) is 3.14. The van der Waals surface area contributed by atoms with Crippen LogP contribution >= 0.6 is 15.9 Å². The lowest BCUT2D eigenvalue weighted by atomic mass is 10.1. The van der Waals surface area contributed by atoms with E-state index in [0.29, 0.717) is 17.1 Å². The van der Waals surface area contributed by atoms with Crippen LogP contribution in [0, 0.1) is 6.92 Å². The van der Waals surface area contributed by atoms with Crippen LogP contribution in [0.15, 0.2) is 46.0 Å². The normalized spacial score (nSPS) is 12.6. The highest BCUT2D eigenvalue weighted by Crippen LogP contribution is 2.39. The van der Waals surface area contributed by atoms with Crippen molar-refractivity contribution in [3.05, 3.63) is 57.6 Å². The number of ether oxygens (including phenoxy) is 2. The topological polar surface area (TPSA) is 59.9 Å². The highest BCUT2D eigenvalue weighted by molar-refractivity contribution is 9.10. The van der Waals surface area contributed by atoms with E-state index in [1.165, 1.54) is 0 Å². The first-order valence-corrected chi connectivity index (χ1v) is 7.42. The minimum Gasteiger partial charge on any atom is -0.454 e. The predicted molar refractivity (Wildman–Crippen MR) is 86.5 cm³/mol. The molecule has 1 aliphatic rings. The molecule has 0 aromatic heterocycles. The van der Waals surface area contributed by atoms with Crippen LogP contribution in [0.2, 0.25) is 0 Å². The van der Waals surface area contributed by atoms with Gasteiger partial charge in [0.2, 0.25) is 6.79 Å². The Morgan fingerprint density at radius 1 is 1.27 bits per heavy atom. The summed E-state index contributed by atoms with van der Waals surface area (Å²) >= 11 is 3.41. The minimum atomic E-state index is -0.254. The maximum Gasteiger partial charge on any atom is 0.271 e. The van der Waals surface area contributed by atoms with Crippen molar-refractivity contribution in [3.8, 4) is 11.5 Å². The van der Waals surface area contributed by atoms with Crippen LogP contribution in [0.3, 0.4) is 0 Å². The first-order valence-electron chi connectivity index (χ1n) is 6.63. The summed E-state index contributed by atoms with van der Waals surface area (Å²) in [5.41, 5.74) is 4.96. The van der Waals surface area contributed by atoms with Gasteiger partial charge in [-0.1, -0.05) is 17.7 Å². The number of carbonyl (C=O) groups excluding carboxylic acids is 1. The van der Waals surface area contributed by atoms with Gasteiger partial charge in [-0.2, -0.15) is 5.10 Å². The Morgan fingerprint density at radius 3 is 2.82 bits per heavy atom. The van der Waals surface area contributed by atoms with Crippen LogP contribution in [-0.2, 0) is 0 Å². The number of rotatable bonds is 3. The molecule has 22 heavy (non-hydrogen) atoms. The van der Waals surface area contributed by atoms with Crippen molar-refractivity contribution in [2.24, 2.45) is 5.10 Å². The highest BCUT2D eigenvalue weighted by atomic mass is 79.9. The van der Waals surface area contributed by atoms with Gasteiger partial charge in [0.15, 0.2) is 11.5 Å². The van der Waals surface area contributed by atoms with Crippen LogP contribution < -0.4 is 14.9 Å². The van der Waals surface area contributed by atoms with Gasteiger partial charge in [0.1, 0.15) is 0 Å². The number of fused-ring (bicyclic) bond motifs is 1. The van der Waals surface area contributed by atoms with E-state index in [2.05, 4.69) is 26.5 Å². The molecule has 3 rings (SSSR count). The second-order valence-corrected chi connectivity index (χ2v) is 5.66. The van der Waals surface area contributed by atoms with E-state index in [4.69, 9.17) is 9.47 Å². The summed E-state index contributed by atoms with van der Waals surface area (Å²) in [4.78, 5) is 11.9. The number of halogens is 1. The van der Waals surface area contributed by atoms with Crippen LogP contribution in [0.25, 0.3) is 0 Å². The fourth-order valence-electron chi connectivity index (χ4n) is 2.00. The number of hydrogen-bond acceptors (Lipinski definition) is 4. The molecule has 0 radical (unpaired) electrons. The SMILES string of the molecule is Cc1ccc(C(=O)N/N=C\c2cc(Br)c3c(c2)OCO3)cc1. The molecule has 1 amide bonds. The molecule has 0 saturated heterocycles. The van der Waals surface area contributed by atoms with E-state index in [0.717, 1.165) is 15.6 Å². The largest absolute Gasteiger partial charge is 0.454 e. The van der Waals surface area contributed by atoms with Crippen LogP contribution in [0.5, 0.6) is 11.5 Å². The van der Waals surface area contributed by atoms with Crippen molar-refractivity contribution in [2.45, 2.75) is 6.92 Å². The molecule has 112 valence electrons. The molecule has 0 bridgehead atoms. The fourth-order valence-corrected chi connectivity index (χ4v) is 2.57. The molecule has 2 aromatic rings. The molecule has 1 aliphatic heterocycles. The average Bonchev–Trinajstić information content (AvgIpc) is 2.97. The zero-order valence-corrected chi connectivity index (χ0v) is 13.4. The van der Waals surface area contributed by atoms with Crippen molar-refractivity contribution >= 4 is 28.1 Å². The molecule has 0 spiro atoms. The summed E-state index contributed by atoms with van der Waals surface area (Å²) in [5.74, 6) is 1.08. The second-order valence-electron chi connectivity index (χ2n) is 4.80. The van der Waals surface area contributed by atoms with Gasteiger partial charge in [-0.15, -0.1) is 0 Å². The zero-order chi connectivity index (χ0) is 15.5. The summed E-state index contributed by atoms with van der Waals surface area (Å²) in [6, 6.07) is 10.9. The van der Waals surface area contributed by atoms with Gasteiger partial charge in [-0.3, -0.25) is 4.79 Å². The molecule has 1 heterocycles. The van der Waals surface area contributed by atoms with Crippen molar-refractivity contribution in [1.82, 2.24) is 5.43 Å². The summed E-state index contributed by atoms with van der Waals surface area (Å²) in [6.07, 6.45) is 1.55. The van der Waals surface area contributed by atoms with E-state index in [9.17, 15) is 4.79 Å². The van der Waals surface area contributed by atoms with E-state index >= 15 is 0 Å². The summed E-state index contributed by atoms with van der Waals surface area (Å²) in [6.45, 7) is 2.18. The van der Waals surface area contributed by atoms with Crippen molar-refractivity contribution < 1.29 is 14.3 Å². The quantitative estimate of drug-likeness (QED) is 0.675. The van der Waals surface area contributed by atoms with Gasteiger partial charge in [0.05, 0.1) is 10.7 Å². The molecular weight excluding hydrogens is 348 g/mol. The van der Waals surface area contributed by atoms with Crippen LogP contribution in [-0.4, -0.2) is 18.9 Å². The lowest BCUT2D eigenvalue weighted by molar-refractivity contribution is 0.0955. The monoisotopic (exact) mass is 360 g/mol. The first-order chi connectivity index (χ1) is 10.6. The van der Waals surface area contributed by atoms with Crippen LogP contribution in [0.1, 0.15) is 21.5 Å². The number of aryl methyl sites for hydroxylation is 1. The number of nitrogens with one attached hydrogen (secondary N) is 1. The third kappa shape index (κ3) is 3.12. The maximum atomic E-state index is 11.9. The molecule has 6 heteroatoms. The van der Waals surface area contributed by atoms with Crippen molar-refractivity contribution in [1.29, 1.82) is 0 Å². The number of carbonyl (C=O) groups is 1. The van der Waals surface area contributed by atoms with Crippen LogP contribution in [0.4, 0.5) is 0 Å². The van der Waals surface area contributed by atoms with Gasteiger partial charge in [0.25, 0.3) is 5.91 Å². The highest BCUT2D eigenvalue weighted by Gasteiger charge is 2.17. The number of hydrazone groups is 1. The molecular formula is C16H13BrN2O3. The predicted octanol–water partition coefficient (Wildman–Crippen LogP) is 3.25. The number of nitrogens with zero attached hydrogens (tertiary/aromatic N) is 1. The molecule has 2 aromatic carbocycles. The Balaban J connectivity index is 1.68. The maximum absolute atomic E-state index is 11.9. The third-order valence-corrected chi connectivity index (χ3v) is 3.73. The molecule has 5 nitrogen and oxygen atoms in total. The Morgan fingerprint density at radius 2 is 2.05 bits per heavy atom. The van der Waals surface area contributed by atoms with Gasteiger partial charge >= 0.3 is 0 Å². The summed E-state index contributed by atoms with van der Waals surface area (Å²) in [5, 5.41) is 3.97. The lowest BCUT2D eigenvalue weighted by Crippen LogP contribution is -2.17. The molecule has 1 N–H and O–H groups in total. The molecule has 0 atom stereocenters. The smallest absolute Gasteiger partial charge is 0.271 e. The van der Waals surface area contributed by atoms with Crippen molar-refractivity contribution in [3.63, 3.8) is 0 Å². The van der Waals surface area contributed by atoms with Gasteiger partial charge in [-0.25, -0.2) is 5.43 Å². The molecule has 0 aliphatic carbocycles. The fraction of sp³-hybridized carbons (Fsp3) is 0.125. The second kappa shape index (κ2) is 6.19. The lowest BCUT2D eigenvalue weighted by Gasteiger charge is -2.02. The van der Waals surface area contributed by atoms with Crippen molar-refractivity contribution in [2.75, 3.05) is 6.79 Å². The van der Waals surface area contributed by atoms with Gasteiger partial charge in [0, 0.05) is 5.56 Å². The van der Waals surface area contributed by atoms with E-state index in [-0.39, 0.29) is 12.7 Å². The number of hydrogen-bond donors (Lipinski definition) is 1. The van der Waals surface area contributed by atoms with Gasteiger partial charge in [-0.05, 0) is 52.7 Å². The number of amides is 1. The van der Waals surface area contributed by atoms with E-state index in [1.807, 2.05) is 25.1 Å². The number of benzene rings is 2. The molecule has 0 saturated carbocycles. The Bertz CT molecular complexity index is 742. The Hall–Kier alpha value is -2.34. The Labute approximate surface area is 136 Å². The average molecular weight is 361 g/mol. The minimum absolute atomic E-state index is 0.207. The van der Waals surface area contributed by atoms with Gasteiger partial charge < -0.3 is 9.47 Å². The zero-order valence-electron chi connectivity index (χ0n) is 11.8.